The first kappa shape index (κ1) is 23.9. The fraction of sp³-hybridized carbons (Fsp3) is 0.897. The highest BCUT2D eigenvalue weighted by Gasteiger charge is 2.64. The minimum atomic E-state index is -0.357. The molecule has 4 fully saturated rings. The third kappa shape index (κ3) is 3.56. The van der Waals surface area contributed by atoms with Crippen LogP contribution in [0.4, 0.5) is 0 Å². The Morgan fingerprint density at radius 3 is 2.64 bits per heavy atom. The van der Waals surface area contributed by atoms with Crippen molar-refractivity contribution in [3.8, 4) is 0 Å². The number of carbonyl (C=O) groups is 1. The van der Waals surface area contributed by atoms with Crippen LogP contribution in [0, 0.1) is 40.4 Å². The Labute approximate surface area is 202 Å². The first-order chi connectivity index (χ1) is 15.6. The average Bonchev–Trinajstić information content (AvgIpc) is 3.25. The Balaban J connectivity index is 1.32. The summed E-state index contributed by atoms with van der Waals surface area (Å²) in [5.74, 6) is 4.18. The van der Waals surface area contributed by atoms with E-state index in [-0.39, 0.29) is 11.9 Å². The van der Waals surface area contributed by atoms with E-state index in [0.717, 1.165) is 49.0 Å². The Bertz CT molecular complexity index is 807. The van der Waals surface area contributed by atoms with E-state index in [1.54, 1.807) is 5.57 Å². The summed E-state index contributed by atoms with van der Waals surface area (Å²) >= 11 is 0. The number of hydrogen-bond donors (Lipinski definition) is 1. The third-order valence-corrected chi connectivity index (χ3v) is 11.6. The minimum Gasteiger partial charge on any atom is -0.341 e. The summed E-state index contributed by atoms with van der Waals surface area (Å²) in [5, 5.41) is 0. The number of allylic oxidation sites excluding steroid dienone is 1. The lowest BCUT2D eigenvalue weighted by Crippen LogP contribution is -2.54. The maximum atomic E-state index is 13.0. The van der Waals surface area contributed by atoms with Gasteiger partial charge < -0.3 is 15.5 Å². The number of carbonyl (C=O) groups excluding carboxylic acids is 1. The number of amides is 1. The molecule has 4 nitrogen and oxygen atoms in total. The molecular weight excluding hydrogens is 406 g/mol. The van der Waals surface area contributed by atoms with Crippen molar-refractivity contribution in [1.82, 2.24) is 9.80 Å². The van der Waals surface area contributed by atoms with E-state index in [1.165, 1.54) is 45.1 Å². The summed E-state index contributed by atoms with van der Waals surface area (Å²) in [7, 11) is 4.37. The van der Waals surface area contributed by atoms with Gasteiger partial charge in [0.05, 0.1) is 6.04 Å². The molecule has 1 aliphatic heterocycles. The Hall–Kier alpha value is -0.870. The molecular formula is C29H49N3O. The molecule has 33 heavy (non-hydrogen) atoms. The van der Waals surface area contributed by atoms with Crippen LogP contribution in [0.5, 0.6) is 0 Å². The first-order valence-corrected chi connectivity index (χ1v) is 14.0. The lowest BCUT2D eigenvalue weighted by atomic mass is 9.47. The molecule has 0 aromatic carbocycles. The van der Waals surface area contributed by atoms with Crippen LogP contribution in [0.25, 0.3) is 0 Å². The number of rotatable bonds is 4. The lowest BCUT2D eigenvalue weighted by molar-refractivity contribution is -0.134. The number of nitrogens with two attached hydrogens (primary N) is 1. The van der Waals surface area contributed by atoms with Crippen LogP contribution in [-0.2, 0) is 4.79 Å². The van der Waals surface area contributed by atoms with Crippen molar-refractivity contribution < 1.29 is 4.79 Å². The summed E-state index contributed by atoms with van der Waals surface area (Å²) in [6, 6.07) is 0.730. The second kappa shape index (κ2) is 8.36. The number of hydrogen-bond acceptors (Lipinski definition) is 3. The van der Waals surface area contributed by atoms with E-state index in [2.05, 4.69) is 45.7 Å². The maximum absolute atomic E-state index is 13.0. The molecule has 4 aliphatic carbocycles. The zero-order chi connectivity index (χ0) is 23.7. The SMILES string of the molecule is CC(C)C[C@@H](N)C(=O)N(C)[C@H]1CC[C@@]2(C)C(=CC[C@H]3C4CC[C@@H]5[C@H](C)N(C)C[C@]45CC[C@@H]32)C1. The molecule has 1 heterocycles. The van der Waals surface area contributed by atoms with Crippen LogP contribution < -0.4 is 5.73 Å². The van der Waals surface area contributed by atoms with Crippen molar-refractivity contribution in [2.24, 2.45) is 46.2 Å². The number of likely N-dealkylation sites (N-methyl/N-ethyl adjacent to an activating group) is 1. The molecule has 9 atom stereocenters. The van der Waals surface area contributed by atoms with Gasteiger partial charge in [-0.15, -0.1) is 0 Å². The third-order valence-electron chi connectivity index (χ3n) is 11.6. The van der Waals surface area contributed by atoms with Crippen molar-refractivity contribution in [1.29, 1.82) is 0 Å². The van der Waals surface area contributed by atoms with Gasteiger partial charge in [0.1, 0.15) is 0 Å². The van der Waals surface area contributed by atoms with Gasteiger partial charge >= 0.3 is 0 Å². The highest BCUT2D eigenvalue weighted by atomic mass is 16.2. The van der Waals surface area contributed by atoms with E-state index in [4.69, 9.17) is 5.73 Å². The van der Waals surface area contributed by atoms with Gasteiger partial charge in [0.2, 0.25) is 5.91 Å². The van der Waals surface area contributed by atoms with Gasteiger partial charge in [-0.2, -0.15) is 0 Å². The van der Waals surface area contributed by atoms with Gasteiger partial charge in [-0.1, -0.05) is 32.4 Å². The van der Waals surface area contributed by atoms with Crippen LogP contribution in [0.2, 0.25) is 0 Å². The summed E-state index contributed by atoms with van der Waals surface area (Å²) in [5.41, 5.74) is 8.89. The molecule has 1 unspecified atom stereocenters. The van der Waals surface area contributed by atoms with Crippen molar-refractivity contribution in [3.63, 3.8) is 0 Å². The highest BCUT2D eigenvalue weighted by molar-refractivity contribution is 5.81. The minimum absolute atomic E-state index is 0.141. The number of likely N-dealkylation sites (tertiary alicyclic amines) is 1. The van der Waals surface area contributed by atoms with Crippen LogP contribution in [0.3, 0.4) is 0 Å². The van der Waals surface area contributed by atoms with Gasteiger partial charge in [-0.3, -0.25) is 4.79 Å². The lowest BCUT2D eigenvalue weighted by Gasteiger charge is -2.58. The molecule has 186 valence electrons. The van der Waals surface area contributed by atoms with Gasteiger partial charge in [-0.05, 0) is 112 Å². The molecule has 1 spiro atoms. The van der Waals surface area contributed by atoms with E-state index in [9.17, 15) is 4.79 Å². The fourth-order valence-electron chi connectivity index (χ4n) is 9.82. The Morgan fingerprint density at radius 2 is 1.91 bits per heavy atom. The van der Waals surface area contributed by atoms with Crippen LogP contribution in [-0.4, -0.2) is 54.5 Å². The summed E-state index contributed by atoms with van der Waals surface area (Å²) in [6.07, 6.45) is 13.9. The first-order valence-electron chi connectivity index (χ1n) is 14.0. The van der Waals surface area contributed by atoms with Gasteiger partial charge in [0, 0.05) is 25.7 Å². The van der Waals surface area contributed by atoms with E-state index < -0.39 is 0 Å². The van der Waals surface area contributed by atoms with Gasteiger partial charge in [-0.25, -0.2) is 0 Å². The monoisotopic (exact) mass is 455 g/mol. The predicted molar refractivity (Wildman–Crippen MR) is 136 cm³/mol. The molecule has 5 aliphatic rings. The Morgan fingerprint density at radius 1 is 1.18 bits per heavy atom. The number of nitrogens with zero attached hydrogens (tertiary/aromatic N) is 2. The zero-order valence-electron chi connectivity index (χ0n) is 22.1. The summed E-state index contributed by atoms with van der Waals surface area (Å²) in [6.45, 7) is 10.7. The quantitative estimate of drug-likeness (QED) is 0.602. The van der Waals surface area contributed by atoms with Crippen molar-refractivity contribution in [2.45, 2.75) is 104 Å². The summed E-state index contributed by atoms with van der Waals surface area (Å²) in [4.78, 5) is 17.7. The van der Waals surface area contributed by atoms with Gasteiger partial charge in [0.25, 0.3) is 0 Å². The average molecular weight is 456 g/mol. The molecule has 1 amide bonds. The van der Waals surface area contributed by atoms with Gasteiger partial charge in [0.15, 0.2) is 0 Å². The van der Waals surface area contributed by atoms with Crippen molar-refractivity contribution in [2.75, 3.05) is 20.6 Å². The Kier molecular flexibility index (Phi) is 6.04. The van der Waals surface area contributed by atoms with E-state index in [1.807, 2.05) is 11.9 Å². The molecule has 0 radical (unpaired) electrons. The normalized spacial score (nSPS) is 45.6. The highest BCUT2D eigenvalue weighted by Crippen LogP contribution is 2.68. The van der Waals surface area contributed by atoms with E-state index >= 15 is 0 Å². The summed E-state index contributed by atoms with van der Waals surface area (Å²) < 4.78 is 0. The van der Waals surface area contributed by atoms with Crippen molar-refractivity contribution >= 4 is 5.91 Å². The molecule has 0 bridgehead atoms. The van der Waals surface area contributed by atoms with Crippen LogP contribution in [0.15, 0.2) is 11.6 Å². The standard InChI is InChI=1S/C29H49N3O/c1-18(2)15-26(30)27(33)32(6)21-11-13-28(4)20(16-21)7-8-22-24(28)12-14-29-17-31(5)19(3)23(29)9-10-25(22)29/h7,18-19,21-26H,8-17,30H2,1-6H3/t19-,21-,22+,23+,24-,25?,26+,28-,29-/m0/s1. The molecule has 3 saturated carbocycles. The fourth-order valence-corrected chi connectivity index (χ4v) is 9.82. The largest absolute Gasteiger partial charge is 0.341 e. The molecule has 5 rings (SSSR count). The molecule has 4 heteroatoms. The zero-order valence-corrected chi connectivity index (χ0v) is 22.1. The predicted octanol–water partition coefficient (Wildman–Crippen LogP) is 5.08. The van der Waals surface area contributed by atoms with Crippen LogP contribution in [0.1, 0.15) is 85.5 Å². The second-order valence-electron chi connectivity index (χ2n) is 13.5. The molecule has 1 saturated heterocycles. The second-order valence-corrected chi connectivity index (χ2v) is 13.5. The molecule has 0 aromatic rings. The molecule has 2 N–H and O–H groups in total. The van der Waals surface area contributed by atoms with Crippen molar-refractivity contribution in [3.05, 3.63) is 11.6 Å². The maximum Gasteiger partial charge on any atom is 0.239 e. The smallest absolute Gasteiger partial charge is 0.239 e. The molecule has 0 aromatic heterocycles. The van der Waals surface area contributed by atoms with E-state index in [0.29, 0.717) is 22.8 Å². The number of fused-ring (bicyclic) bond motifs is 4. The van der Waals surface area contributed by atoms with Crippen LogP contribution >= 0.6 is 0 Å². The topological polar surface area (TPSA) is 49.6 Å².